The number of rotatable bonds is 6. The molecule has 1 aromatic heterocycles. The van der Waals surface area contributed by atoms with Crippen molar-refractivity contribution in [1.29, 1.82) is 0 Å². The van der Waals surface area contributed by atoms with E-state index < -0.39 is 11.7 Å². The van der Waals surface area contributed by atoms with Gasteiger partial charge in [-0.2, -0.15) is 0 Å². The lowest BCUT2D eigenvalue weighted by Gasteiger charge is -2.36. The first-order valence-electron chi connectivity index (χ1n) is 13.1. The lowest BCUT2D eigenvalue weighted by Crippen LogP contribution is -2.32. The average molecular weight is 482 g/mol. The largest absolute Gasteiger partial charge is 0.393 e. The smallest absolute Gasteiger partial charge is 0.253 e. The number of hydrogen-bond donors (Lipinski definition) is 3. The molecule has 188 valence electrons. The van der Waals surface area contributed by atoms with Gasteiger partial charge < -0.3 is 20.7 Å². The lowest BCUT2D eigenvalue weighted by molar-refractivity contribution is 0.0867. The highest BCUT2D eigenvalue weighted by molar-refractivity contribution is 6.01. The van der Waals surface area contributed by atoms with Gasteiger partial charge in [-0.1, -0.05) is 13.8 Å². The van der Waals surface area contributed by atoms with Crippen LogP contribution in [0.4, 0.5) is 10.1 Å². The number of carbonyl (C=O) groups is 2. The number of nitrogens with zero attached hydrogens (tertiary/aromatic N) is 1. The van der Waals surface area contributed by atoms with Gasteiger partial charge in [0.2, 0.25) is 0 Å². The van der Waals surface area contributed by atoms with E-state index in [2.05, 4.69) is 23.7 Å². The summed E-state index contributed by atoms with van der Waals surface area (Å²) in [6.07, 6.45) is 8.40. The average Bonchev–Trinajstić information content (AvgIpc) is 3.40. The van der Waals surface area contributed by atoms with Crippen LogP contribution >= 0.6 is 0 Å². The molecule has 5 rings (SSSR count). The van der Waals surface area contributed by atoms with Crippen LogP contribution in [0.3, 0.4) is 0 Å². The maximum absolute atomic E-state index is 15.5. The molecular formula is C28H36FN3O3. The molecule has 1 heterocycles. The van der Waals surface area contributed by atoms with Gasteiger partial charge in [0.1, 0.15) is 5.82 Å². The van der Waals surface area contributed by atoms with Gasteiger partial charge >= 0.3 is 0 Å². The molecule has 0 bridgehead atoms. The third-order valence-electron chi connectivity index (χ3n) is 8.81. The van der Waals surface area contributed by atoms with Gasteiger partial charge in [0.05, 0.1) is 23.0 Å². The number of amides is 1. The van der Waals surface area contributed by atoms with Crippen molar-refractivity contribution in [1.82, 2.24) is 4.57 Å². The van der Waals surface area contributed by atoms with E-state index in [1.54, 1.807) is 0 Å². The number of primary amides is 1. The number of ketones is 1. The van der Waals surface area contributed by atoms with E-state index in [9.17, 15) is 14.7 Å². The van der Waals surface area contributed by atoms with Crippen LogP contribution in [0.25, 0.3) is 5.69 Å². The minimum Gasteiger partial charge on any atom is -0.393 e. The fraction of sp³-hybridized carbons (Fsp3) is 0.571. The van der Waals surface area contributed by atoms with Crippen LogP contribution in [0.5, 0.6) is 0 Å². The summed E-state index contributed by atoms with van der Waals surface area (Å²) in [6, 6.07) is 3.25. The SMILES string of the molecule is CCC1(CC)CC(=O)c2c3c(n(-c4cc(F)c(C(N)=O)c(N[C@H]5CC[C@H](O)CC5)c4)c2C1)CCC3. The van der Waals surface area contributed by atoms with E-state index in [0.717, 1.165) is 73.9 Å². The van der Waals surface area contributed by atoms with E-state index in [1.165, 1.54) is 6.07 Å². The number of halogens is 1. The second-order valence-corrected chi connectivity index (χ2v) is 10.8. The summed E-state index contributed by atoms with van der Waals surface area (Å²) < 4.78 is 17.6. The number of fused-ring (bicyclic) bond motifs is 3. The van der Waals surface area contributed by atoms with E-state index in [0.29, 0.717) is 30.6 Å². The zero-order valence-electron chi connectivity index (χ0n) is 20.8. The Hall–Kier alpha value is -2.67. The Bertz CT molecular complexity index is 1170. The van der Waals surface area contributed by atoms with Gasteiger partial charge in [0, 0.05) is 29.4 Å². The van der Waals surface area contributed by atoms with Crippen LogP contribution in [0.15, 0.2) is 12.1 Å². The first-order chi connectivity index (χ1) is 16.8. The van der Waals surface area contributed by atoms with Crippen LogP contribution in [-0.2, 0) is 19.3 Å². The minimum absolute atomic E-state index is 0.0323. The third-order valence-corrected chi connectivity index (χ3v) is 8.81. The molecule has 0 atom stereocenters. The van der Waals surface area contributed by atoms with Gasteiger partial charge in [-0.25, -0.2) is 4.39 Å². The molecule has 7 heteroatoms. The summed E-state index contributed by atoms with van der Waals surface area (Å²) in [4.78, 5) is 25.6. The minimum atomic E-state index is -0.807. The number of aromatic nitrogens is 1. The summed E-state index contributed by atoms with van der Waals surface area (Å²) in [7, 11) is 0. The highest BCUT2D eigenvalue weighted by atomic mass is 19.1. The molecule has 0 radical (unpaired) electrons. The van der Waals surface area contributed by atoms with Gasteiger partial charge in [-0.3, -0.25) is 9.59 Å². The molecule has 3 aliphatic carbocycles. The van der Waals surface area contributed by atoms with Crippen molar-refractivity contribution < 1.29 is 19.1 Å². The van der Waals surface area contributed by atoms with Crippen molar-refractivity contribution in [3.8, 4) is 5.69 Å². The zero-order chi connectivity index (χ0) is 24.9. The Kier molecular flexibility index (Phi) is 6.24. The van der Waals surface area contributed by atoms with E-state index in [-0.39, 0.29) is 28.9 Å². The van der Waals surface area contributed by atoms with E-state index >= 15 is 4.39 Å². The quantitative estimate of drug-likeness (QED) is 0.549. The summed E-state index contributed by atoms with van der Waals surface area (Å²) in [5.74, 6) is -1.25. The topological polar surface area (TPSA) is 97.4 Å². The zero-order valence-corrected chi connectivity index (χ0v) is 20.8. The molecule has 0 saturated heterocycles. The van der Waals surface area contributed by atoms with Crippen LogP contribution in [0, 0.1) is 11.2 Å². The first kappa shape index (κ1) is 24.0. The summed E-state index contributed by atoms with van der Waals surface area (Å²) in [6.45, 7) is 4.29. The number of anilines is 1. The molecule has 0 aliphatic heterocycles. The fourth-order valence-corrected chi connectivity index (χ4v) is 6.62. The monoisotopic (exact) mass is 481 g/mol. The summed E-state index contributed by atoms with van der Waals surface area (Å²) in [5.41, 5.74) is 10.5. The molecule has 1 aromatic carbocycles. The number of aliphatic hydroxyl groups is 1. The first-order valence-corrected chi connectivity index (χ1v) is 13.1. The molecule has 6 nitrogen and oxygen atoms in total. The lowest BCUT2D eigenvalue weighted by atomic mass is 9.69. The maximum atomic E-state index is 15.5. The van der Waals surface area contributed by atoms with Crippen LogP contribution in [-0.4, -0.2) is 33.5 Å². The molecule has 0 spiro atoms. The Balaban J connectivity index is 1.64. The molecule has 35 heavy (non-hydrogen) atoms. The van der Waals surface area contributed by atoms with Crippen LogP contribution in [0.1, 0.15) is 103 Å². The normalized spacial score (nSPS) is 23.1. The molecule has 1 saturated carbocycles. The van der Waals surface area contributed by atoms with E-state index in [4.69, 9.17) is 5.73 Å². The second-order valence-electron chi connectivity index (χ2n) is 10.8. The maximum Gasteiger partial charge on any atom is 0.253 e. The summed E-state index contributed by atoms with van der Waals surface area (Å²) >= 11 is 0. The molecule has 3 aliphatic rings. The third kappa shape index (κ3) is 4.07. The standard InChI is InChI=1S/C28H36FN3O3/c1-3-28(4-2)14-23-25(24(34)15-28)19-6-5-7-22(19)32(23)17-12-20(29)26(27(30)35)21(13-17)31-16-8-10-18(33)11-9-16/h12-13,16,18,31,33H,3-11,14-15H2,1-2H3,(H2,30,35)/t16-,18-. The van der Waals surface area contributed by atoms with Crippen molar-refractivity contribution in [3.63, 3.8) is 0 Å². The molecule has 2 aromatic rings. The van der Waals surface area contributed by atoms with Crippen molar-refractivity contribution in [3.05, 3.63) is 46.0 Å². The number of aliphatic hydroxyl groups excluding tert-OH is 1. The van der Waals surface area contributed by atoms with Gasteiger partial charge in [0.15, 0.2) is 5.78 Å². The number of nitrogens with one attached hydrogen (secondary N) is 1. The second kappa shape index (κ2) is 9.08. The van der Waals surface area contributed by atoms with Gasteiger partial charge in [0.25, 0.3) is 5.91 Å². The Morgan fingerprint density at radius 1 is 1.14 bits per heavy atom. The van der Waals surface area contributed by atoms with Gasteiger partial charge in [-0.15, -0.1) is 0 Å². The van der Waals surface area contributed by atoms with Crippen molar-refractivity contribution in [2.45, 2.75) is 96.6 Å². The molecule has 1 amide bonds. The highest BCUT2D eigenvalue weighted by Crippen LogP contribution is 2.46. The van der Waals surface area contributed by atoms with Crippen LogP contribution < -0.4 is 11.1 Å². The van der Waals surface area contributed by atoms with Crippen molar-refractivity contribution >= 4 is 17.4 Å². The number of benzene rings is 1. The molecular weight excluding hydrogens is 445 g/mol. The van der Waals surface area contributed by atoms with Crippen LogP contribution in [0.2, 0.25) is 0 Å². The molecule has 0 unspecified atom stereocenters. The number of carbonyl (C=O) groups excluding carboxylic acids is 2. The predicted molar refractivity (Wildman–Crippen MR) is 134 cm³/mol. The summed E-state index contributed by atoms with van der Waals surface area (Å²) in [5, 5.41) is 13.2. The highest BCUT2D eigenvalue weighted by Gasteiger charge is 2.42. The van der Waals surface area contributed by atoms with E-state index in [1.807, 2.05) is 6.07 Å². The number of Topliss-reactive ketones (excluding diaryl/α,β-unsaturated/α-hetero) is 1. The Morgan fingerprint density at radius 2 is 1.86 bits per heavy atom. The number of hydrogen-bond acceptors (Lipinski definition) is 4. The Morgan fingerprint density at radius 3 is 2.51 bits per heavy atom. The fourth-order valence-electron chi connectivity index (χ4n) is 6.62. The predicted octanol–water partition coefficient (Wildman–Crippen LogP) is 4.85. The van der Waals surface area contributed by atoms with Crippen molar-refractivity contribution in [2.24, 2.45) is 11.1 Å². The molecule has 4 N–H and O–H groups in total. The molecule has 1 fully saturated rings. The Labute approximate surface area is 206 Å². The number of nitrogens with two attached hydrogens (primary N) is 1. The van der Waals surface area contributed by atoms with Gasteiger partial charge in [-0.05, 0) is 87.3 Å². The van der Waals surface area contributed by atoms with Crippen molar-refractivity contribution in [2.75, 3.05) is 5.32 Å².